The number of benzene rings is 2. The number of hydrogen-bond acceptors (Lipinski definition) is 5. The molecule has 0 aliphatic rings. The van der Waals surface area contributed by atoms with Crippen LogP contribution in [-0.2, 0) is 9.84 Å². The summed E-state index contributed by atoms with van der Waals surface area (Å²) in [6.07, 6.45) is 0. The van der Waals surface area contributed by atoms with Crippen LogP contribution in [0.2, 0.25) is 0 Å². The van der Waals surface area contributed by atoms with Gasteiger partial charge in [-0.15, -0.1) is 5.10 Å². The first kappa shape index (κ1) is 18.1. The smallest absolute Gasteiger partial charge is 0.227 e. The van der Waals surface area contributed by atoms with E-state index < -0.39 is 9.84 Å². The lowest BCUT2D eigenvalue weighted by Gasteiger charge is -2.08. The molecule has 0 aliphatic carbocycles. The van der Waals surface area contributed by atoms with Gasteiger partial charge in [0.05, 0.1) is 23.4 Å². The molecule has 0 saturated heterocycles. The van der Waals surface area contributed by atoms with E-state index in [4.69, 9.17) is 4.74 Å². The maximum absolute atomic E-state index is 13.0. The molecule has 3 aromatic rings. The molecule has 1 heterocycles. The van der Waals surface area contributed by atoms with E-state index in [1.807, 2.05) is 30.3 Å². The third-order valence-electron chi connectivity index (χ3n) is 4.26. The summed E-state index contributed by atoms with van der Waals surface area (Å²) in [5.41, 5.74) is 2.22. The van der Waals surface area contributed by atoms with Gasteiger partial charge < -0.3 is 4.74 Å². The van der Waals surface area contributed by atoms with Gasteiger partial charge in [-0.3, -0.25) is 0 Å². The van der Waals surface area contributed by atoms with E-state index in [0.29, 0.717) is 23.0 Å². The van der Waals surface area contributed by atoms with Gasteiger partial charge in [-0.05, 0) is 42.7 Å². The molecular formula is C19H21N3O3S. The minimum atomic E-state index is -3.74. The Bertz CT molecular complexity index is 1020. The fraction of sp³-hybridized carbons (Fsp3) is 0.263. The molecular weight excluding hydrogens is 350 g/mol. The van der Waals surface area contributed by atoms with Crippen molar-refractivity contribution < 1.29 is 13.2 Å². The van der Waals surface area contributed by atoms with Crippen LogP contribution in [0.5, 0.6) is 5.75 Å². The molecule has 0 spiro atoms. The van der Waals surface area contributed by atoms with Crippen molar-refractivity contribution in [3.63, 3.8) is 0 Å². The molecule has 0 unspecified atom stereocenters. The second-order valence-corrected chi connectivity index (χ2v) is 8.19. The number of nitrogens with zero attached hydrogens (tertiary/aromatic N) is 3. The number of sulfone groups is 1. The lowest BCUT2D eigenvalue weighted by atomic mass is 10.0. The number of hydrogen-bond donors (Lipinski definition) is 0. The molecule has 0 radical (unpaired) electrons. The van der Waals surface area contributed by atoms with Crippen molar-refractivity contribution in [2.75, 3.05) is 7.11 Å². The first-order valence-corrected chi connectivity index (χ1v) is 9.74. The van der Waals surface area contributed by atoms with Crippen molar-refractivity contribution >= 4 is 9.84 Å². The van der Waals surface area contributed by atoms with Crippen LogP contribution in [-0.4, -0.2) is 30.5 Å². The van der Waals surface area contributed by atoms with E-state index in [1.165, 1.54) is 4.68 Å². The Labute approximate surface area is 153 Å². The summed E-state index contributed by atoms with van der Waals surface area (Å²) in [7, 11) is -2.17. The second kappa shape index (κ2) is 6.92. The number of ether oxygens (including phenoxy) is 1. The lowest BCUT2D eigenvalue weighted by Crippen LogP contribution is -2.06. The minimum Gasteiger partial charge on any atom is -0.497 e. The predicted molar refractivity (Wildman–Crippen MR) is 98.6 cm³/mol. The van der Waals surface area contributed by atoms with Crippen LogP contribution in [0, 0.1) is 6.92 Å². The highest BCUT2D eigenvalue weighted by Gasteiger charge is 2.26. The van der Waals surface area contributed by atoms with Crippen molar-refractivity contribution in [3.8, 4) is 11.4 Å². The first-order valence-electron chi connectivity index (χ1n) is 8.26. The average Bonchev–Trinajstić information content (AvgIpc) is 3.04. The molecule has 3 rings (SSSR count). The van der Waals surface area contributed by atoms with Crippen LogP contribution in [0.25, 0.3) is 5.69 Å². The van der Waals surface area contributed by atoms with E-state index in [9.17, 15) is 8.42 Å². The maximum atomic E-state index is 13.0. The fourth-order valence-electron chi connectivity index (χ4n) is 2.69. The van der Waals surface area contributed by atoms with Gasteiger partial charge >= 0.3 is 0 Å². The third-order valence-corrected chi connectivity index (χ3v) is 6.04. The van der Waals surface area contributed by atoms with Gasteiger partial charge in [0.2, 0.25) is 14.9 Å². The highest BCUT2D eigenvalue weighted by molar-refractivity contribution is 7.91. The number of methoxy groups -OCH3 is 1. The van der Waals surface area contributed by atoms with E-state index in [0.717, 1.165) is 5.56 Å². The molecule has 0 fully saturated rings. The Morgan fingerprint density at radius 2 is 1.77 bits per heavy atom. The lowest BCUT2D eigenvalue weighted by molar-refractivity contribution is 0.414. The predicted octanol–water partition coefficient (Wildman–Crippen LogP) is 3.54. The van der Waals surface area contributed by atoms with Crippen molar-refractivity contribution in [2.24, 2.45) is 0 Å². The van der Waals surface area contributed by atoms with Crippen molar-refractivity contribution in [3.05, 3.63) is 59.8 Å². The Morgan fingerprint density at radius 1 is 1.08 bits per heavy atom. The minimum absolute atomic E-state index is 0.0439. The number of aromatic nitrogens is 3. The van der Waals surface area contributed by atoms with Crippen LogP contribution >= 0.6 is 0 Å². The van der Waals surface area contributed by atoms with Crippen LogP contribution in [0.3, 0.4) is 0 Å². The van der Waals surface area contributed by atoms with Crippen molar-refractivity contribution in [1.82, 2.24) is 15.0 Å². The molecule has 0 bridgehead atoms. The van der Waals surface area contributed by atoms with Crippen molar-refractivity contribution in [1.29, 1.82) is 0 Å². The van der Waals surface area contributed by atoms with Gasteiger partial charge in [0, 0.05) is 6.07 Å². The van der Waals surface area contributed by atoms with Gasteiger partial charge in [-0.25, -0.2) is 13.1 Å². The molecule has 0 N–H and O–H groups in total. The largest absolute Gasteiger partial charge is 0.497 e. The highest BCUT2D eigenvalue weighted by atomic mass is 32.2. The molecule has 6 nitrogen and oxygen atoms in total. The Kier molecular flexibility index (Phi) is 4.82. The average molecular weight is 371 g/mol. The Morgan fingerprint density at radius 3 is 2.38 bits per heavy atom. The summed E-state index contributed by atoms with van der Waals surface area (Å²) in [6.45, 7) is 5.82. The van der Waals surface area contributed by atoms with Crippen LogP contribution in [0.15, 0.2) is 58.5 Å². The molecule has 7 heteroatoms. The molecule has 136 valence electrons. The maximum Gasteiger partial charge on any atom is 0.227 e. The second-order valence-electron chi connectivity index (χ2n) is 6.32. The molecule has 0 atom stereocenters. The van der Waals surface area contributed by atoms with E-state index >= 15 is 0 Å². The fourth-order valence-corrected chi connectivity index (χ4v) is 4.03. The summed E-state index contributed by atoms with van der Waals surface area (Å²) in [4.78, 5) is 0.211. The van der Waals surface area contributed by atoms with Crippen molar-refractivity contribution in [2.45, 2.75) is 36.6 Å². The van der Waals surface area contributed by atoms with Gasteiger partial charge in [0.1, 0.15) is 5.75 Å². The summed E-state index contributed by atoms with van der Waals surface area (Å²) in [5.74, 6) is 0.994. The van der Waals surface area contributed by atoms with E-state index in [-0.39, 0.29) is 9.92 Å². The zero-order valence-electron chi connectivity index (χ0n) is 15.2. The first-order chi connectivity index (χ1) is 12.3. The van der Waals surface area contributed by atoms with Gasteiger partial charge in [0.25, 0.3) is 0 Å². The Balaban J connectivity index is 2.03. The van der Waals surface area contributed by atoms with Crippen LogP contribution in [0.4, 0.5) is 0 Å². The normalized spacial score (nSPS) is 11.7. The van der Waals surface area contributed by atoms with Gasteiger partial charge in [0.15, 0.2) is 0 Å². The summed E-state index contributed by atoms with van der Waals surface area (Å²) in [5, 5.41) is 7.92. The third kappa shape index (κ3) is 3.22. The zero-order chi connectivity index (χ0) is 18.9. The summed E-state index contributed by atoms with van der Waals surface area (Å²) < 4.78 is 32.6. The van der Waals surface area contributed by atoms with Crippen LogP contribution in [0.1, 0.15) is 31.0 Å². The van der Waals surface area contributed by atoms with E-state index in [2.05, 4.69) is 24.2 Å². The Hall–Kier alpha value is -2.67. The number of rotatable bonds is 5. The monoisotopic (exact) mass is 371 g/mol. The highest BCUT2D eigenvalue weighted by Crippen LogP contribution is 2.26. The quantitative estimate of drug-likeness (QED) is 0.686. The van der Waals surface area contributed by atoms with E-state index in [1.54, 1.807) is 32.2 Å². The zero-order valence-corrected chi connectivity index (χ0v) is 16.0. The molecule has 1 aromatic heterocycles. The molecule has 2 aromatic carbocycles. The standard InChI is InChI=1S/C19H21N3O3S/c1-13(2)15-8-10-18(11-9-15)26(23,24)19-14(3)22(21-20-19)16-6-5-7-17(12-16)25-4/h5-13H,1-4H3. The molecule has 0 amide bonds. The summed E-state index contributed by atoms with van der Waals surface area (Å²) in [6, 6.07) is 14.1. The van der Waals surface area contributed by atoms with Gasteiger partial charge in [-0.2, -0.15) is 0 Å². The molecule has 0 aliphatic heterocycles. The molecule has 26 heavy (non-hydrogen) atoms. The van der Waals surface area contributed by atoms with Crippen LogP contribution < -0.4 is 4.74 Å². The summed E-state index contributed by atoms with van der Waals surface area (Å²) >= 11 is 0. The van der Waals surface area contributed by atoms with Gasteiger partial charge in [-0.1, -0.05) is 37.3 Å². The molecule has 0 saturated carbocycles. The topological polar surface area (TPSA) is 74.1 Å². The SMILES string of the molecule is COc1cccc(-n2nnc(S(=O)(=O)c3ccc(C(C)C)cc3)c2C)c1.